The largest absolute Gasteiger partial charge is 0.496 e. The fourth-order valence-corrected chi connectivity index (χ4v) is 2.42. The highest BCUT2D eigenvalue weighted by Gasteiger charge is 2.01. The number of aryl methyl sites for hydroxylation is 1. The third kappa shape index (κ3) is 8.12. The third-order valence-electron chi connectivity index (χ3n) is 3.22. The van der Waals surface area contributed by atoms with E-state index in [2.05, 4.69) is 47.0 Å². The maximum absolute atomic E-state index is 5.35. The summed E-state index contributed by atoms with van der Waals surface area (Å²) in [6, 6.07) is 6.35. The molecular weight excluding hydrogens is 409 g/mol. The Balaban J connectivity index is 0.00000441. The van der Waals surface area contributed by atoms with Crippen LogP contribution in [0.25, 0.3) is 0 Å². The number of methoxy groups -OCH3 is 1. The maximum Gasteiger partial charge on any atom is 0.190 e. The summed E-state index contributed by atoms with van der Waals surface area (Å²) in [7, 11) is 3.52. The molecule has 4 nitrogen and oxygen atoms in total. The average molecular weight is 437 g/mol. The van der Waals surface area contributed by atoms with Gasteiger partial charge in [-0.2, -0.15) is 11.8 Å². The van der Waals surface area contributed by atoms with Crippen LogP contribution in [0.2, 0.25) is 0 Å². The van der Waals surface area contributed by atoms with E-state index in [0.717, 1.165) is 37.6 Å². The van der Waals surface area contributed by atoms with Gasteiger partial charge in [0.1, 0.15) is 5.75 Å². The standard InChI is InChI=1S/C16H27N3OS.HI/c1-13-6-7-14(12-15(13)20-3)8-10-19-16(17-2)18-9-5-11-21-4;/h6-7,12H,5,8-11H2,1-4H3,(H2,17,18,19);1H. The summed E-state index contributed by atoms with van der Waals surface area (Å²) in [5, 5.41) is 6.66. The van der Waals surface area contributed by atoms with Crippen LogP contribution in [-0.4, -0.2) is 45.2 Å². The molecule has 0 spiro atoms. The van der Waals surface area contributed by atoms with Crippen molar-refractivity contribution in [1.82, 2.24) is 10.6 Å². The van der Waals surface area contributed by atoms with Gasteiger partial charge in [0.05, 0.1) is 7.11 Å². The molecule has 0 bridgehead atoms. The second-order valence-corrected chi connectivity index (χ2v) is 5.81. The summed E-state index contributed by atoms with van der Waals surface area (Å²) in [5.74, 6) is 3.00. The number of benzene rings is 1. The zero-order valence-corrected chi connectivity index (χ0v) is 17.1. The molecule has 0 amide bonds. The lowest BCUT2D eigenvalue weighted by molar-refractivity contribution is 0.411. The minimum atomic E-state index is 0. The average Bonchev–Trinajstić information content (AvgIpc) is 2.51. The van der Waals surface area contributed by atoms with Crippen molar-refractivity contribution in [3.63, 3.8) is 0 Å². The summed E-state index contributed by atoms with van der Waals surface area (Å²) in [6.07, 6.45) is 4.22. The number of thioether (sulfide) groups is 1. The molecule has 0 aromatic heterocycles. The molecule has 1 aromatic rings. The molecule has 0 radical (unpaired) electrons. The van der Waals surface area contributed by atoms with Crippen molar-refractivity contribution in [3.05, 3.63) is 29.3 Å². The lowest BCUT2D eigenvalue weighted by Crippen LogP contribution is -2.38. The molecule has 1 rings (SSSR count). The lowest BCUT2D eigenvalue weighted by atomic mass is 10.1. The highest BCUT2D eigenvalue weighted by molar-refractivity contribution is 14.0. The number of guanidine groups is 1. The van der Waals surface area contributed by atoms with Gasteiger partial charge in [-0.3, -0.25) is 4.99 Å². The van der Waals surface area contributed by atoms with Crippen molar-refractivity contribution < 1.29 is 4.74 Å². The highest BCUT2D eigenvalue weighted by atomic mass is 127. The number of nitrogens with zero attached hydrogens (tertiary/aromatic N) is 1. The van der Waals surface area contributed by atoms with Gasteiger partial charge in [-0.1, -0.05) is 12.1 Å². The fraction of sp³-hybridized carbons (Fsp3) is 0.562. The Bertz CT molecular complexity index is 455. The van der Waals surface area contributed by atoms with Crippen molar-refractivity contribution >= 4 is 41.7 Å². The van der Waals surface area contributed by atoms with Gasteiger partial charge in [-0.05, 0) is 49.0 Å². The number of nitrogens with one attached hydrogen (secondary N) is 2. The van der Waals surface area contributed by atoms with E-state index < -0.39 is 0 Å². The molecule has 0 unspecified atom stereocenters. The molecule has 0 saturated carbocycles. The van der Waals surface area contributed by atoms with Crippen LogP contribution in [0, 0.1) is 6.92 Å². The van der Waals surface area contributed by atoms with E-state index in [1.165, 1.54) is 16.9 Å². The van der Waals surface area contributed by atoms with E-state index in [4.69, 9.17) is 4.74 Å². The van der Waals surface area contributed by atoms with Crippen molar-refractivity contribution in [1.29, 1.82) is 0 Å². The molecule has 0 heterocycles. The van der Waals surface area contributed by atoms with Gasteiger partial charge in [0, 0.05) is 20.1 Å². The van der Waals surface area contributed by atoms with Gasteiger partial charge in [-0.25, -0.2) is 0 Å². The highest BCUT2D eigenvalue weighted by Crippen LogP contribution is 2.18. The predicted molar refractivity (Wildman–Crippen MR) is 109 cm³/mol. The van der Waals surface area contributed by atoms with Gasteiger partial charge < -0.3 is 15.4 Å². The van der Waals surface area contributed by atoms with Crippen molar-refractivity contribution in [2.75, 3.05) is 39.3 Å². The van der Waals surface area contributed by atoms with Crippen LogP contribution in [0.3, 0.4) is 0 Å². The van der Waals surface area contributed by atoms with Crippen LogP contribution < -0.4 is 15.4 Å². The maximum atomic E-state index is 5.35. The van der Waals surface area contributed by atoms with Crippen LogP contribution in [0.5, 0.6) is 5.75 Å². The summed E-state index contributed by atoms with van der Waals surface area (Å²) in [4.78, 5) is 4.23. The fourth-order valence-electron chi connectivity index (χ4n) is 1.99. The van der Waals surface area contributed by atoms with Crippen molar-refractivity contribution in [3.8, 4) is 5.75 Å². The zero-order chi connectivity index (χ0) is 15.5. The first kappa shape index (κ1) is 21.4. The van der Waals surface area contributed by atoms with Crippen molar-refractivity contribution in [2.45, 2.75) is 19.8 Å². The Labute approximate surface area is 155 Å². The van der Waals surface area contributed by atoms with Gasteiger partial charge in [0.25, 0.3) is 0 Å². The zero-order valence-electron chi connectivity index (χ0n) is 13.9. The summed E-state index contributed by atoms with van der Waals surface area (Å²) < 4.78 is 5.35. The number of hydrogen-bond acceptors (Lipinski definition) is 3. The van der Waals surface area contributed by atoms with Gasteiger partial charge >= 0.3 is 0 Å². The molecular formula is C16H28IN3OS. The number of halogens is 1. The quantitative estimate of drug-likeness (QED) is 0.284. The van der Waals surface area contributed by atoms with Crippen LogP contribution in [0.4, 0.5) is 0 Å². The molecule has 126 valence electrons. The van der Waals surface area contributed by atoms with Gasteiger partial charge in [-0.15, -0.1) is 24.0 Å². The molecule has 0 saturated heterocycles. The Kier molecular flexibility index (Phi) is 12.5. The van der Waals surface area contributed by atoms with Crippen molar-refractivity contribution in [2.24, 2.45) is 4.99 Å². The summed E-state index contributed by atoms with van der Waals surface area (Å²) in [6.45, 7) is 3.87. The Morgan fingerprint density at radius 2 is 2.00 bits per heavy atom. The van der Waals surface area contributed by atoms with Crippen LogP contribution in [0.15, 0.2) is 23.2 Å². The first-order chi connectivity index (χ1) is 10.2. The monoisotopic (exact) mass is 437 g/mol. The minimum Gasteiger partial charge on any atom is -0.496 e. The molecule has 6 heteroatoms. The minimum absolute atomic E-state index is 0. The molecule has 22 heavy (non-hydrogen) atoms. The van der Waals surface area contributed by atoms with Crippen LogP contribution in [-0.2, 0) is 6.42 Å². The predicted octanol–water partition coefficient (Wildman–Crippen LogP) is 3.08. The van der Waals surface area contributed by atoms with E-state index in [-0.39, 0.29) is 24.0 Å². The van der Waals surface area contributed by atoms with E-state index in [0.29, 0.717) is 0 Å². The molecule has 0 atom stereocenters. The number of ether oxygens (including phenoxy) is 1. The van der Waals surface area contributed by atoms with Crippen LogP contribution >= 0.6 is 35.7 Å². The van der Waals surface area contributed by atoms with E-state index >= 15 is 0 Å². The third-order valence-corrected chi connectivity index (χ3v) is 3.92. The smallest absolute Gasteiger partial charge is 0.190 e. The molecule has 2 N–H and O–H groups in total. The topological polar surface area (TPSA) is 45.7 Å². The van der Waals surface area contributed by atoms with Gasteiger partial charge in [0.15, 0.2) is 5.96 Å². The molecule has 0 aliphatic carbocycles. The second kappa shape index (κ2) is 12.9. The first-order valence-electron chi connectivity index (χ1n) is 7.28. The van der Waals surface area contributed by atoms with Gasteiger partial charge in [0.2, 0.25) is 0 Å². The number of rotatable bonds is 8. The number of aliphatic imine (C=N–C) groups is 1. The normalized spacial score (nSPS) is 10.8. The van der Waals surface area contributed by atoms with Crippen LogP contribution in [0.1, 0.15) is 17.5 Å². The second-order valence-electron chi connectivity index (χ2n) is 4.83. The Morgan fingerprint density at radius 3 is 2.64 bits per heavy atom. The lowest BCUT2D eigenvalue weighted by Gasteiger charge is -2.12. The SMILES string of the molecule is CN=C(NCCCSC)NCCc1ccc(C)c(OC)c1.I. The molecule has 0 aliphatic rings. The Hall–Kier alpha value is -0.630. The van der Waals surface area contributed by atoms with E-state index in [1.54, 1.807) is 14.2 Å². The summed E-state index contributed by atoms with van der Waals surface area (Å²) in [5.41, 5.74) is 2.43. The van der Waals surface area contributed by atoms with E-state index in [9.17, 15) is 0 Å². The Morgan fingerprint density at radius 1 is 1.27 bits per heavy atom. The summed E-state index contributed by atoms with van der Waals surface area (Å²) >= 11 is 1.87. The molecule has 1 aromatic carbocycles. The molecule has 0 fully saturated rings. The first-order valence-corrected chi connectivity index (χ1v) is 8.67. The number of hydrogen-bond donors (Lipinski definition) is 2. The molecule has 0 aliphatic heterocycles. The van der Waals surface area contributed by atoms with E-state index in [1.807, 2.05) is 11.8 Å².